The summed E-state index contributed by atoms with van der Waals surface area (Å²) in [6, 6.07) is -0.0423. The van der Waals surface area contributed by atoms with E-state index in [2.05, 4.69) is 25.4 Å². The molecule has 1 amide bonds. The van der Waals surface area contributed by atoms with Gasteiger partial charge in [-0.25, -0.2) is 4.63 Å². The summed E-state index contributed by atoms with van der Waals surface area (Å²) in [5.74, 6) is -0.543. The van der Waals surface area contributed by atoms with Gasteiger partial charge < -0.3 is 26.1 Å². The molecule has 0 atom stereocenters. The van der Waals surface area contributed by atoms with E-state index in [4.69, 9.17) is 15.7 Å². The van der Waals surface area contributed by atoms with Crippen LogP contribution in [0.4, 0.5) is 0 Å². The number of carbonyl (C=O) groups is 1. The first-order chi connectivity index (χ1) is 10.0. The zero-order valence-electron chi connectivity index (χ0n) is 11.0. The van der Waals surface area contributed by atoms with Crippen molar-refractivity contribution >= 4 is 11.7 Å². The Morgan fingerprint density at radius 1 is 1.48 bits per heavy atom. The molecule has 1 heterocycles. The van der Waals surface area contributed by atoms with Crippen molar-refractivity contribution in [2.75, 3.05) is 0 Å². The van der Waals surface area contributed by atoms with Crippen LogP contribution in [0.5, 0.6) is 5.88 Å². The van der Waals surface area contributed by atoms with Crippen LogP contribution in [0.25, 0.3) is 0 Å². The molecule has 3 rings (SSSR count). The van der Waals surface area contributed by atoms with Crippen molar-refractivity contribution in [3.8, 4) is 5.88 Å². The highest BCUT2D eigenvalue weighted by molar-refractivity contribution is 5.96. The van der Waals surface area contributed by atoms with Crippen molar-refractivity contribution in [3.63, 3.8) is 0 Å². The van der Waals surface area contributed by atoms with Crippen LogP contribution in [0.15, 0.2) is 9.78 Å². The van der Waals surface area contributed by atoms with Crippen molar-refractivity contribution < 1.29 is 24.5 Å². The quantitative estimate of drug-likeness (QED) is 0.226. The van der Waals surface area contributed by atoms with Gasteiger partial charge in [0.05, 0.1) is 0 Å². The van der Waals surface area contributed by atoms with E-state index in [9.17, 15) is 9.90 Å². The van der Waals surface area contributed by atoms with E-state index in [0.717, 1.165) is 0 Å². The normalized spacial score (nSPS) is 26.8. The highest BCUT2D eigenvalue weighted by Gasteiger charge is 2.49. The highest BCUT2D eigenvalue weighted by atomic mass is 16.6. The van der Waals surface area contributed by atoms with Crippen molar-refractivity contribution in [2.24, 2.45) is 10.9 Å². The summed E-state index contributed by atoms with van der Waals surface area (Å²) in [6.45, 7) is 0. The Morgan fingerprint density at radius 3 is 2.81 bits per heavy atom. The predicted octanol–water partition coefficient (Wildman–Crippen LogP) is -1.29. The lowest BCUT2D eigenvalue weighted by Gasteiger charge is -2.35. The molecule has 0 saturated heterocycles. The molecule has 2 fully saturated rings. The molecule has 21 heavy (non-hydrogen) atoms. The van der Waals surface area contributed by atoms with Gasteiger partial charge in [0.15, 0.2) is 5.84 Å². The van der Waals surface area contributed by atoms with Gasteiger partial charge in [-0.15, -0.1) is 0 Å². The number of aliphatic hydroxyl groups is 1. The van der Waals surface area contributed by atoms with E-state index < -0.39 is 5.60 Å². The minimum absolute atomic E-state index is 0.0253. The lowest BCUT2D eigenvalue weighted by atomic mass is 9.89. The van der Waals surface area contributed by atoms with E-state index in [0.29, 0.717) is 25.7 Å². The summed E-state index contributed by atoms with van der Waals surface area (Å²) in [4.78, 5) is 11.6. The molecule has 5 N–H and O–H groups in total. The van der Waals surface area contributed by atoms with Gasteiger partial charge in [0.2, 0.25) is 5.69 Å². The summed E-state index contributed by atoms with van der Waals surface area (Å²) in [5, 5.41) is 30.8. The van der Waals surface area contributed by atoms with Gasteiger partial charge >= 0.3 is 0 Å². The summed E-state index contributed by atoms with van der Waals surface area (Å²) in [6.07, 6.45) is 1.99. The number of amidine groups is 1. The molecule has 10 heteroatoms. The molecule has 1 aromatic heterocycles. The molecule has 0 radical (unpaired) electrons. The van der Waals surface area contributed by atoms with Gasteiger partial charge in [0.25, 0.3) is 11.8 Å². The maximum absolute atomic E-state index is 11.6. The van der Waals surface area contributed by atoms with Gasteiger partial charge in [0, 0.05) is 18.9 Å². The Kier molecular flexibility index (Phi) is 3.16. The molecule has 0 spiro atoms. The second-order valence-electron chi connectivity index (χ2n) is 5.32. The summed E-state index contributed by atoms with van der Waals surface area (Å²) >= 11 is 0. The Morgan fingerprint density at radius 2 is 2.19 bits per heavy atom. The minimum Gasteiger partial charge on any atom is -0.470 e. The monoisotopic (exact) mass is 297 g/mol. The van der Waals surface area contributed by atoms with Crippen LogP contribution in [0.3, 0.4) is 0 Å². The van der Waals surface area contributed by atoms with Crippen LogP contribution in [0.1, 0.15) is 31.4 Å². The van der Waals surface area contributed by atoms with E-state index >= 15 is 0 Å². The van der Waals surface area contributed by atoms with Crippen LogP contribution < -0.4 is 15.8 Å². The van der Waals surface area contributed by atoms with Gasteiger partial charge in [-0.1, -0.05) is 5.16 Å². The lowest BCUT2D eigenvalue weighted by molar-refractivity contribution is -0.133. The first-order valence-electron chi connectivity index (χ1n) is 6.52. The molecule has 0 bridgehead atoms. The number of carbonyl (C=O) groups excluding carboxylic acids is 1. The number of oxime groups is 1. The molecule has 114 valence electrons. The van der Waals surface area contributed by atoms with Crippen molar-refractivity contribution in [3.05, 3.63) is 5.69 Å². The maximum atomic E-state index is 11.6. The van der Waals surface area contributed by atoms with Crippen LogP contribution in [0, 0.1) is 0 Å². The predicted molar refractivity (Wildman–Crippen MR) is 66.6 cm³/mol. The fourth-order valence-corrected chi connectivity index (χ4v) is 2.06. The first kappa shape index (κ1) is 13.6. The molecule has 0 aromatic carbocycles. The number of nitrogens with zero attached hydrogens (tertiary/aromatic N) is 3. The largest absolute Gasteiger partial charge is 0.470 e. The average molecular weight is 297 g/mol. The summed E-state index contributed by atoms with van der Waals surface area (Å²) < 4.78 is 9.99. The molecule has 0 aliphatic heterocycles. The maximum Gasteiger partial charge on any atom is 0.287 e. The van der Waals surface area contributed by atoms with Gasteiger partial charge in [-0.05, 0) is 23.2 Å². The Bertz CT molecular complexity index is 575. The second kappa shape index (κ2) is 4.88. The Labute approximate surface area is 118 Å². The molecule has 0 unspecified atom stereocenters. The minimum atomic E-state index is -1.17. The van der Waals surface area contributed by atoms with Gasteiger partial charge in [-0.3, -0.25) is 4.79 Å². The Balaban J connectivity index is 1.49. The number of ether oxygens (including phenoxy) is 1. The Hall–Kier alpha value is -2.36. The fourth-order valence-electron chi connectivity index (χ4n) is 2.06. The summed E-state index contributed by atoms with van der Waals surface area (Å²) in [7, 11) is 0. The van der Waals surface area contributed by atoms with E-state index in [-0.39, 0.29) is 35.5 Å². The number of nitrogens with one attached hydrogen (secondary N) is 1. The standard InChI is InChI=1S/C11H15N5O5/c12-8(14-19)7-9(16-21-15-7)20-6-3-5(4-6)13-10(17)11(18)1-2-11/h5-6,18-19H,1-4H2,(H2,12,14)(H,13,17). The number of aromatic nitrogens is 2. The number of nitrogens with two attached hydrogens (primary N) is 1. The molecular formula is C11H15N5O5. The molecular weight excluding hydrogens is 282 g/mol. The number of hydrogen-bond acceptors (Lipinski definition) is 8. The van der Waals surface area contributed by atoms with Crippen LogP contribution in [-0.4, -0.2) is 50.1 Å². The van der Waals surface area contributed by atoms with E-state index in [1.165, 1.54) is 0 Å². The smallest absolute Gasteiger partial charge is 0.287 e. The zero-order chi connectivity index (χ0) is 15.0. The first-order valence-corrected chi connectivity index (χ1v) is 6.52. The van der Waals surface area contributed by atoms with E-state index in [1.807, 2.05) is 0 Å². The highest BCUT2D eigenvalue weighted by Crippen LogP contribution is 2.36. The van der Waals surface area contributed by atoms with Crippen molar-refractivity contribution in [1.29, 1.82) is 0 Å². The third kappa shape index (κ3) is 2.61. The number of rotatable bonds is 5. The molecule has 1 aromatic rings. The van der Waals surface area contributed by atoms with Gasteiger partial charge in [-0.2, -0.15) is 0 Å². The fraction of sp³-hybridized carbons (Fsp3) is 0.636. The zero-order valence-corrected chi connectivity index (χ0v) is 11.0. The lowest BCUT2D eigenvalue weighted by Crippen LogP contribution is -2.52. The summed E-state index contributed by atoms with van der Waals surface area (Å²) in [5.41, 5.74) is 4.26. The van der Waals surface area contributed by atoms with Gasteiger partial charge in [0.1, 0.15) is 11.7 Å². The molecule has 2 aliphatic rings. The second-order valence-corrected chi connectivity index (χ2v) is 5.32. The average Bonchev–Trinajstić information content (AvgIpc) is 3.01. The third-order valence-corrected chi connectivity index (χ3v) is 3.66. The SMILES string of the molecule is N/C(=N\O)c1nonc1OC1CC(NC(=O)C2(O)CC2)C1. The van der Waals surface area contributed by atoms with E-state index in [1.54, 1.807) is 0 Å². The third-order valence-electron chi connectivity index (χ3n) is 3.66. The molecule has 10 nitrogen and oxygen atoms in total. The molecule has 2 saturated carbocycles. The van der Waals surface area contributed by atoms with Crippen LogP contribution in [-0.2, 0) is 4.79 Å². The number of hydrogen-bond donors (Lipinski definition) is 4. The van der Waals surface area contributed by atoms with Crippen molar-refractivity contribution in [2.45, 2.75) is 43.4 Å². The van der Waals surface area contributed by atoms with Crippen molar-refractivity contribution in [1.82, 2.24) is 15.6 Å². The number of amides is 1. The molecule has 2 aliphatic carbocycles. The van der Waals surface area contributed by atoms with Crippen LogP contribution in [0.2, 0.25) is 0 Å². The topological polar surface area (TPSA) is 156 Å². The van der Waals surface area contributed by atoms with Crippen LogP contribution >= 0.6 is 0 Å².